The zero-order valence-corrected chi connectivity index (χ0v) is 17.2. The third kappa shape index (κ3) is 12.4. The Morgan fingerprint density at radius 3 is 1.54 bits per heavy atom. The van der Waals surface area contributed by atoms with Crippen LogP contribution in [0.15, 0.2) is 0 Å². The van der Waals surface area contributed by atoms with Gasteiger partial charge in [-0.05, 0) is 53.9 Å². The first-order chi connectivity index (χ1) is 11.7. The average Bonchev–Trinajstić information content (AvgIpc) is 2.45. The van der Waals surface area contributed by atoms with E-state index in [1.165, 1.54) is 7.11 Å². The number of ether oxygens (including phenoxy) is 3. The Kier molecular flexibility index (Phi) is 9.45. The maximum absolute atomic E-state index is 11.8. The van der Waals surface area contributed by atoms with Crippen molar-refractivity contribution < 1.29 is 28.6 Å². The van der Waals surface area contributed by atoms with E-state index in [1.807, 2.05) is 0 Å². The highest BCUT2D eigenvalue weighted by molar-refractivity contribution is 5.72. The van der Waals surface area contributed by atoms with Gasteiger partial charge in [0.1, 0.15) is 11.2 Å². The molecule has 0 aliphatic rings. The van der Waals surface area contributed by atoms with E-state index >= 15 is 0 Å². The average molecular weight is 374 g/mol. The summed E-state index contributed by atoms with van der Waals surface area (Å²) in [5.74, 6) is -0.903. The van der Waals surface area contributed by atoms with Gasteiger partial charge in [-0.2, -0.15) is 0 Å². The number of amides is 2. The summed E-state index contributed by atoms with van der Waals surface area (Å²) in [6.45, 7) is 12.8. The first-order valence-electron chi connectivity index (χ1n) is 8.75. The van der Waals surface area contributed by atoms with Crippen LogP contribution in [-0.4, -0.2) is 49.6 Å². The molecule has 0 fully saturated rings. The molecule has 2 amide bonds. The van der Waals surface area contributed by atoms with E-state index < -0.39 is 23.4 Å². The molecule has 8 heteroatoms. The molecule has 0 saturated carbocycles. The van der Waals surface area contributed by atoms with E-state index in [1.54, 1.807) is 48.5 Å². The quantitative estimate of drug-likeness (QED) is 0.525. The van der Waals surface area contributed by atoms with Crippen molar-refractivity contribution in [1.29, 1.82) is 0 Å². The van der Waals surface area contributed by atoms with Crippen LogP contribution in [0.2, 0.25) is 0 Å². The van der Waals surface area contributed by atoms with Crippen LogP contribution < -0.4 is 10.6 Å². The Hall–Kier alpha value is -1.99. The van der Waals surface area contributed by atoms with Gasteiger partial charge < -0.3 is 24.8 Å². The van der Waals surface area contributed by atoms with Gasteiger partial charge in [0.2, 0.25) is 0 Å². The van der Waals surface area contributed by atoms with Crippen molar-refractivity contribution in [3.05, 3.63) is 0 Å². The Balaban J connectivity index is 4.71. The van der Waals surface area contributed by atoms with E-state index in [9.17, 15) is 14.4 Å². The van der Waals surface area contributed by atoms with Crippen molar-refractivity contribution in [3.63, 3.8) is 0 Å². The summed E-state index contributed by atoms with van der Waals surface area (Å²) in [5.41, 5.74) is -1.21. The fourth-order valence-corrected chi connectivity index (χ4v) is 2.12. The number of carbonyl (C=O) groups excluding carboxylic acids is 3. The third-order valence-corrected chi connectivity index (χ3v) is 3.16. The molecule has 0 aromatic rings. The molecule has 0 aliphatic heterocycles. The topological polar surface area (TPSA) is 103 Å². The molecule has 1 unspecified atom stereocenters. The highest BCUT2D eigenvalue weighted by Gasteiger charge is 2.23. The fourth-order valence-electron chi connectivity index (χ4n) is 2.12. The molecule has 0 saturated heterocycles. The second-order valence-electron chi connectivity index (χ2n) is 8.29. The number of hydrogen-bond donors (Lipinski definition) is 2. The van der Waals surface area contributed by atoms with Crippen LogP contribution in [0, 0.1) is 11.8 Å². The predicted octanol–water partition coefficient (Wildman–Crippen LogP) is 2.85. The van der Waals surface area contributed by atoms with Gasteiger partial charge in [-0.15, -0.1) is 0 Å². The van der Waals surface area contributed by atoms with E-state index in [0.717, 1.165) is 0 Å². The van der Waals surface area contributed by atoms with Crippen LogP contribution in [0.1, 0.15) is 54.9 Å². The Labute approximate surface area is 156 Å². The van der Waals surface area contributed by atoms with Crippen molar-refractivity contribution in [2.24, 2.45) is 11.8 Å². The third-order valence-electron chi connectivity index (χ3n) is 3.16. The van der Waals surface area contributed by atoms with Crippen molar-refractivity contribution in [2.45, 2.75) is 66.1 Å². The molecular formula is C18H34N2O6. The lowest BCUT2D eigenvalue weighted by atomic mass is 9.95. The van der Waals surface area contributed by atoms with Crippen molar-refractivity contribution in [1.82, 2.24) is 10.6 Å². The fraction of sp³-hybridized carbons (Fsp3) is 0.833. The molecule has 26 heavy (non-hydrogen) atoms. The first-order valence-corrected chi connectivity index (χ1v) is 8.75. The standard InChI is InChI=1S/C18H34N2O6/c1-12(14(21)24-8)9-13(10-19-15(22)25-17(2,3)4)11-20-16(23)26-18(5,6)7/h12-13H,9-11H2,1-8H3,(H,19,22)(H,20,23). The van der Waals surface area contributed by atoms with Crippen LogP contribution >= 0.6 is 0 Å². The molecule has 0 rings (SSSR count). The summed E-state index contributed by atoms with van der Waals surface area (Å²) in [6.07, 6.45) is -0.672. The molecule has 8 nitrogen and oxygen atoms in total. The van der Waals surface area contributed by atoms with Gasteiger partial charge >= 0.3 is 18.2 Å². The van der Waals surface area contributed by atoms with Crippen molar-refractivity contribution >= 4 is 18.2 Å². The largest absolute Gasteiger partial charge is 0.469 e. The van der Waals surface area contributed by atoms with E-state index in [0.29, 0.717) is 6.42 Å². The number of nitrogens with one attached hydrogen (secondary N) is 2. The van der Waals surface area contributed by atoms with Gasteiger partial charge in [-0.1, -0.05) is 6.92 Å². The van der Waals surface area contributed by atoms with Crippen LogP contribution in [0.3, 0.4) is 0 Å². The highest BCUT2D eigenvalue weighted by atomic mass is 16.6. The lowest BCUT2D eigenvalue weighted by Crippen LogP contribution is -2.41. The SMILES string of the molecule is COC(=O)C(C)CC(CNC(=O)OC(C)(C)C)CNC(=O)OC(C)(C)C. The van der Waals surface area contributed by atoms with Crippen molar-refractivity contribution in [2.75, 3.05) is 20.2 Å². The lowest BCUT2D eigenvalue weighted by molar-refractivity contribution is -0.145. The van der Waals surface area contributed by atoms with Crippen LogP contribution in [0.25, 0.3) is 0 Å². The van der Waals surface area contributed by atoms with Gasteiger partial charge in [-0.3, -0.25) is 4.79 Å². The molecule has 0 aromatic carbocycles. The molecule has 0 spiro atoms. The smallest absolute Gasteiger partial charge is 0.407 e. The van der Waals surface area contributed by atoms with Crippen molar-refractivity contribution in [3.8, 4) is 0 Å². The predicted molar refractivity (Wildman–Crippen MR) is 97.8 cm³/mol. The molecule has 0 heterocycles. The Morgan fingerprint density at radius 1 is 0.846 bits per heavy atom. The minimum Gasteiger partial charge on any atom is -0.469 e. The number of esters is 1. The number of methoxy groups -OCH3 is 1. The second-order valence-corrected chi connectivity index (χ2v) is 8.29. The summed E-state index contributed by atoms with van der Waals surface area (Å²) in [4.78, 5) is 35.3. The second kappa shape index (κ2) is 10.2. The molecule has 0 aromatic heterocycles. The number of carbonyl (C=O) groups is 3. The van der Waals surface area contributed by atoms with E-state index in [-0.39, 0.29) is 30.9 Å². The van der Waals surface area contributed by atoms with Crippen LogP contribution in [0.5, 0.6) is 0 Å². The summed E-state index contributed by atoms with van der Waals surface area (Å²) in [5, 5.41) is 5.34. The Morgan fingerprint density at radius 2 is 1.23 bits per heavy atom. The van der Waals surface area contributed by atoms with Gasteiger partial charge in [0.05, 0.1) is 13.0 Å². The minimum absolute atomic E-state index is 0.191. The van der Waals surface area contributed by atoms with E-state index in [4.69, 9.17) is 14.2 Å². The zero-order chi connectivity index (χ0) is 20.5. The van der Waals surface area contributed by atoms with Gasteiger partial charge in [0, 0.05) is 13.1 Å². The van der Waals surface area contributed by atoms with Gasteiger partial charge in [0.25, 0.3) is 0 Å². The summed E-state index contributed by atoms with van der Waals surface area (Å²) in [7, 11) is 1.33. The van der Waals surface area contributed by atoms with Gasteiger partial charge in [-0.25, -0.2) is 9.59 Å². The van der Waals surface area contributed by atoms with E-state index in [2.05, 4.69) is 10.6 Å². The molecule has 0 aliphatic carbocycles. The number of alkyl carbamates (subject to hydrolysis) is 2. The van der Waals surface area contributed by atoms with Crippen LogP contribution in [0.4, 0.5) is 9.59 Å². The molecule has 0 bridgehead atoms. The summed E-state index contributed by atoms with van der Waals surface area (Å²) < 4.78 is 15.1. The van der Waals surface area contributed by atoms with Crippen LogP contribution in [-0.2, 0) is 19.0 Å². The maximum Gasteiger partial charge on any atom is 0.407 e. The Bertz CT molecular complexity index is 447. The molecule has 152 valence electrons. The first kappa shape index (κ1) is 24.0. The molecular weight excluding hydrogens is 340 g/mol. The summed E-state index contributed by atoms with van der Waals surface area (Å²) >= 11 is 0. The maximum atomic E-state index is 11.8. The number of hydrogen-bond acceptors (Lipinski definition) is 6. The molecule has 1 atom stereocenters. The highest BCUT2D eigenvalue weighted by Crippen LogP contribution is 2.14. The number of rotatable bonds is 7. The normalized spacial score (nSPS) is 13.0. The molecule has 2 N–H and O–H groups in total. The molecule has 0 radical (unpaired) electrons. The van der Waals surface area contributed by atoms with Gasteiger partial charge in [0.15, 0.2) is 0 Å². The zero-order valence-electron chi connectivity index (χ0n) is 17.2. The summed E-state index contributed by atoms with van der Waals surface area (Å²) in [6, 6.07) is 0. The monoisotopic (exact) mass is 374 g/mol. The minimum atomic E-state index is -0.604. The lowest BCUT2D eigenvalue weighted by Gasteiger charge is -2.24.